The van der Waals surface area contributed by atoms with E-state index in [1.807, 2.05) is 12.1 Å². The highest BCUT2D eigenvalue weighted by Gasteiger charge is 2.24. The van der Waals surface area contributed by atoms with Crippen molar-refractivity contribution < 1.29 is 28.3 Å². The lowest BCUT2D eigenvalue weighted by atomic mass is 10.1. The fraction of sp³-hybridized carbons (Fsp3) is 0.261. The number of methoxy groups -OCH3 is 1. The van der Waals surface area contributed by atoms with Gasteiger partial charge in [0.2, 0.25) is 6.41 Å². The summed E-state index contributed by atoms with van der Waals surface area (Å²) in [5.41, 5.74) is 3.08. The van der Waals surface area contributed by atoms with Gasteiger partial charge in [0, 0.05) is 38.5 Å². The van der Waals surface area contributed by atoms with Crippen LogP contribution in [0.3, 0.4) is 0 Å². The molecule has 3 aromatic rings. The number of furan rings is 1. The van der Waals surface area contributed by atoms with E-state index in [1.54, 1.807) is 38.2 Å². The van der Waals surface area contributed by atoms with Gasteiger partial charge in [-0.05, 0) is 30.8 Å². The molecule has 0 radical (unpaired) electrons. The van der Waals surface area contributed by atoms with Crippen molar-refractivity contribution in [3.63, 3.8) is 0 Å². The zero-order valence-electron chi connectivity index (χ0n) is 19.2. The third-order valence-electron chi connectivity index (χ3n) is 5.22. The summed E-state index contributed by atoms with van der Waals surface area (Å²) in [7, 11) is 6.48. The van der Waals surface area contributed by atoms with Crippen LogP contribution in [0.5, 0.6) is 5.75 Å². The summed E-state index contributed by atoms with van der Waals surface area (Å²) >= 11 is 0. The van der Waals surface area contributed by atoms with Crippen LogP contribution < -0.4 is 20.7 Å². The van der Waals surface area contributed by atoms with Crippen molar-refractivity contribution in [3.8, 4) is 5.75 Å². The molecule has 1 aliphatic heterocycles. The summed E-state index contributed by atoms with van der Waals surface area (Å²) < 4.78 is 10.6. The molecule has 11 nitrogen and oxygen atoms in total. The summed E-state index contributed by atoms with van der Waals surface area (Å²) in [6, 6.07) is 7.90. The first-order chi connectivity index (χ1) is 16.3. The number of carbonyl (C=O) groups is 4. The lowest BCUT2D eigenvalue weighted by Gasteiger charge is -2.10. The van der Waals surface area contributed by atoms with Gasteiger partial charge >= 0.3 is 0 Å². The number of amides is 4. The number of hydrogen-bond donors (Lipinski definition) is 3. The second-order valence-corrected chi connectivity index (χ2v) is 7.37. The van der Waals surface area contributed by atoms with E-state index >= 15 is 0 Å². The molecule has 4 rings (SSSR count). The highest BCUT2D eigenvalue weighted by Crippen LogP contribution is 2.25. The molecule has 34 heavy (non-hydrogen) atoms. The fourth-order valence-corrected chi connectivity index (χ4v) is 3.44. The Kier molecular flexibility index (Phi) is 7.59. The summed E-state index contributed by atoms with van der Waals surface area (Å²) in [6.07, 6.45) is 1.72. The van der Waals surface area contributed by atoms with Gasteiger partial charge in [0.1, 0.15) is 23.1 Å². The average Bonchev–Trinajstić information content (AvgIpc) is 3.39. The van der Waals surface area contributed by atoms with Gasteiger partial charge in [0.05, 0.1) is 12.7 Å². The number of fused-ring (bicyclic) bond motifs is 2. The molecule has 0 spiro atoms. The lowest BCUT2D eigenvalue weighted by molar-refractivity contribution is -0.127. The van der Waals surface area contributed by atoms with Gasteiger partial charge in [-0.25, -0.2) is 0 Å². The number of rotatable bonds is 6. The standard InChI is InChI=1S/C13H14N4O4.C10H11NO2/c1-14-11(13(20)17-6-18)10-4-8-9(21-10)3-7(5-16-8)12(19)15-2;1-11-6-7-3-4-8(13-2)5-9(7)10(11)12/h3-6,11,14H,1-2H3,(H,15,19)(H,17,18,20);3-5H,6H2,1-2H3/t11-;/m0./s1. The first kappa shape index (κ1) is 24.4. The zero-order valence-corrected chi connectivity index (χ0v) is 19.2. The number of hydrogen-bond acceptors (Lipinski definition) is 8. The van der Waals surface area contributed by atoms with Crippen LogP contribution in [0.4, 0.5) is 0 Å². The first-order valence-corrected chi connectivity index (χ1v) is 10.3. The summed E-state index contributed by atoms with van der Waals surface area (Å²) in [5, 5.41) is 7.28. The van der Waals surface area contributed by atoms with E-state index < -0.39 is 11.9 Å². The summed E-state index contributed by atoms with van der Waals surface area (Å²) in [6.45, 7) is 0.707. The van der Waals surface area contributed by atoms with Gasteiger partial charge in [-0.3, -0.25) is 29.5 Å². The molecule has 0 saturated heterocycles. The molecule has 0 aliphatic carbocycles. The number of likely N-dealkylation sites (N-methyl/N-ethyl adjacent to an activating group) is 1. The molecule has 11 heteroatoms. The molecular weight excluding hydrogens is 442 g/mol. The summed E-state index contributed by atoms with van der Waals surface area (Å²) in [4.78, 5) is 51.0. The molecule has 1 aromatic carbocycles. The lowest BCUT2D eigenvalue weighted by Crippen LogP contribution is -2.34. The van der Waals surface area contributed by atoms with Crippen LogP contribution in [0.15, 0.2) is 40.9 Å². The third kappa shape index (κ3) is 5.04. The quantitative estimate of drug-likeness (QED) is 0.456. The van der Waals surface area contributed by atoms with Crippen molar-refractivity contribution in [2.24, 2.45) is 0 Å². The average molecular weight is 467 g/mol. The van der Waals surface area contributed by atoms with Crippen molar-refractivity contribution in [2.45, 2.75) is 12.6 Å². The maximum atomic E-state index is 11.7. The zero-order chi connectivity index (χ0) is 24.8. The molecule has 0 saturated carbocycles. The molecule has 2 aromatic heterocycles. The maximum absolute atomic E-state index is 11.7. The predicted octanol–water partition coefficient (Wildman–Crippen LogP) is 1.00. The number of benzene rings is 1. The molecular formula is C23H25N5O6. The number of imide groups is 1. The smallest absolute Gasteiger partial charge is 0.254 e. The molecule has 3 N–H and O–H groups in total. The van der Waals surface area contributed by atoms with E-state index in [0.29, 0.717) is 35.4 Å². The van der Waals surface area contributed by atoms with E-state index in [-0.39, 0.29) is 11.8 Å². The van der Waals surface area contributed by atoms with E-state index in [9.17, 15) is 19.2 Å². The Hall–Kier alpha value is -4.25. The highest BCUT2D eigenvalue weighted by molar-refractivity contribution is 5.98. The third-order valence-corrected chi connectivity index (χ3v) is 5.22. The number of carbonyl (C=O) groups excluding carboxylic acids is 4. The number of ether oxygens (including phenoxy) is 1. The Labute approximate surface area is 195 Å². The normalized spacial score (nSPS) is 12.9. The van der Waals surface area contributed by atoms with Crippen molar-refractivity contribution >= 4 is 35.2 Å². The Morgan fingerprint density at radius 2 is 2.00 bits per heavy atom. The number of aromatic nitrogens is 1. The van der Waals surface area contributed by atoms with Gasteiger partial charge in [-0.1, -0.05) is 6.07 Å². The highest BCUT2D eigenvalue weighted by atomic mass is 16.5. The van der Waals surface area contributed by atoms with Crippen LogP contribution in [-0.4, -0.2) is 62.3 Å². The van der Waals surface area contributed by atoms with Crippen molar-refractivity contribution in [1.29, 1.82) is 0 Å². The van der Waals surface area contributed by atoms with E-state index in [2.05, 4.69) is 20.9 Å². The van der Waals surface area contributed by atoms with Crippen LogP contribution in [0, 0.1) is 0 Å². The molecule has 4 amide bonds. The van der Waals surface area contributed by atoms with Crippen LogP contribution >= 0.6 is 0 Å². The molecule has 1 atom stereocenters. The molecule has 3 heterocycles. The topological polar surface area (TPSA) is 143 Å². The van der Waals surface area contributed by atoms with Gasteiger partial charge in [0.25, 0.3) is 17.7 Å². The number of nitrogens with one attached hydrogen (secondary N) is 3. The van der Waals surface area contributed by atoms with Crippen LogP contribution in [0.2, 0.25) is 0 Å². The largest absolute Gasteiger partial charge is 0.497 e. The molecule has 0 bridgehead atoms. The SMILES string of the molecule is CNC(=O)c1cnc2cc([C@H](NC)C(=O)NC=O)oc2c1.COc1ccc2c(c1)C(=O)N(C)C2. The monoisotopic (exact) mass is 467 g/mol. The minimum atomic E-state index is -0.826. The minimum Gasteiger partial charge on any atom is -0.497 e. The van der Waals surface area contributed by atoms with Gasteiger partial charge in [0.15, 0.2) is 5.58 Å². The molecule has 1 aliphatic rings. The van der Waals surface area contributed by atoms with Gasteiger partial charge in [-0.15, -0.1) is 0 Å². The maximum Gasteiger partial charge on any atom is 0.254 e. The van der Waals surface area contributed by atoms with E-state index in [0.717, 1.165) is 16.9 Å². The Morgan fingerprint density at radius 1 is 1.24 bits per heavy atom. The van der Waals surface area contributed by atoms with Crippen LogP contribution in [-0.2, 0) is 16.1 Å². The van der Waals surface area contributed by atoms with E-state index in [1.165, 1.54) is 19.3 Å². The van der Waals surface area contributed by atoms with Crippen LogP contribution in [0.1, 0.15) is 38.1 Å². The first-order valence-electron chi connectivity index (χ1n) is 10.3. The van der Waals surface area contributed by atoms with Crippen LogP contribution in [0.25, 0.3) is 11.1 Å². The fourth-order valence-electron chi connectivity index (χ4n) is 3.44. The van der Waals surface area contributed by atoms with Crippen molar-refractivity contribution in [2.75, 3.05) is 28.3 Å². The second-order valence-electron chi connectivity index (χ2n) is 7.37. The molecule has 0 fully saturated rings. The minimum absolute atomic E-state index is 0.0777. The Morgan fingerprint density at radius 3 is 2.65 bits per heavy atom. The predicted molar refractivity (Wildman–Crippen MR) is 122 cm³/mol. The number of pyridine rings is 1. The van der Waals surface area contributed by atoms with Gasteiger partial charge in [-0.2, -0.15) is 0 Å². The Balaban J connectivity index is 0.000000212. The second kappa shape index (κ2) is 10.6. The summed E-state index contributed by atoms with van der Waals surface area (Å²) in [5.74, 6) is 0.286. The number of nitrogens with zero attached hydrogens (tertiary/aromatic N) is 2. The molecule has 178 valence electrons. The van der Waals surface area contributed by atoms with E-state index in [4.69, 9.17) is 9.15 Å². The van der Waals surface area contributed by atoms with Crippen molar-refractivity contribution in [1.82, 2.24) is 25.8 Å². The van der Waals surface area contributed by atoms with Gasteiger partial charge < -0.3 is 24.7 Å². The Bertz CT molecular complexity index is 1240. The van der Waals surface area contributed by atoms with Crippen molar-refractivity contribution in [3.05, 3.63) is 59.0 Å². The molecule has 0 unspecified atom stereocenters.